The topological polar surface area (TPSA) is 35.5 Å². The Bertz CT molecular complexity index is 241. The Kier molecular flexibility index (Phi) is 5.46. The van der Waals surface area contributed by atoms with Crippen LogP contribution in [-0.4, -0.2) is 48.8 Å². The van der Waals surface area contributed by atoms with Gasteiger partial charge in [0.15, 0.2) is 0 Å². The van der Waals surface area contributed by atoms with Crippen LogP contribution in [0.5, 0.6) is 0 Å². The number of aliphatic hydroxyl groups excluding tert-OH is 1. The molecule has 1 heterocycles. The Morgan fingerprint density at radius 3 is 2.61 bits per heavy atom. The van der Waals surface area contributed by atoms with Crippen LogP contribution in [0.1, 0.15) is 39.5 Å². The van der Waals surface area contributed by atoms with Gasteiger partial charge >= 0.3 is 0 Å². The monoisotopic (exact) mass is 254 g/mol. The Hall–Kier alpha value is -0.120. The summed E-state index contributed by atoms with van der Waals surface area (Å²) < 4.78 is 0. The number of nitrogens with zero attached hydrogens (tertiary/aromatic N) is 1. The van der Waals surface area contributed by atoms with Gasteiger partial charge in [0.2, 0.25) is 0 Å². The third-order valence-corrected chi connectivity index (χ3v) is 4.84. The van der Waals surface area contributed by atoms with Gasteiger partial charge in [0.25, 0.3) is 0 Å². The van der Waals surface area contributed by atoms with E-state index in [0.29, 0.717) is 12.6 Å². The summed E-state index contributed by atoms with van der Waals surface area (Å²) in [4.78, 5) is 2.44. The first-order valence-electron chi connectivity index (χ1n) is 7.75. The Balaban J connectivity index is 1.79. The zero-order valence-electron chi connectivity index (χ0n) is 12.1. The van der Waals surface area contributed by atoms with Gasteiger partial charge in [-0.1, -0.05) is 20.3 Å². The van der Waals surface area contributed by atoms with Crippen molar-refractivity contribution >= 4 is 0 Å². The molecule has 1 saturated carbocycles. The molecular formula is C15H30N2O. The number of hydrogen-bond acceptors (Lipinski definition) is 3. The number of nitrogens with one attached hydrogen (secondary N) is 1. The Labute approximate surface area is 112 Å². The fourth-order valence-electron chi connectivity index (χ4n) is 3.22. The van der Waals surface area contributed by atoms with Crippen molar-refractivity contribution in [2.24, 2.45) is 17.8 Å². The molecule has 2 aliphatic rings. The molecule has 0 radical (unpaired) electrons. The third kappa shape index (κ3) is 3.94. The third-order valence-electron chi connectivity index (χ3n) is 4.84. The molecule has 1 saturated heterocycles. The smallest absolute Gasteiger partial charge is 0.0558 e. The van der Waals surface area contributed by atoms with E-state index in [0.717, 1.165) is 30.8 Å². The highest BCUT2D eigenvalue weighted by molar-refractivity contribution is 4.86. The second-order valence-corrected chi connectivity index (χ2v) is 6.63. The second-order valence-electron chi connectivity index (χ2n) is 6.63. The lowest BCUT2D eigenvalue weighted by molar-refractivity contribution is 0.0933. The van der Waals surface area contributed by atoms with Crippen LogP contribution in [0.2, 0.25) is 0 Å². The number of rotatable bonds is 6. The predicted octanol–water partition coefficient (Wildman–Crippen LogP) is 1.71. The van der Waals surface area contributed by atoms with Crippen LogP contribution in [-0.2, 0) is 0 Å². The molecular weight excluding hydrogens is 224 g/mol. The van der Waals surface area contributed by atoms with Crippen LogP contribution in [0, 0.1) is 17.8 Å². The summed E-state index contributed by atoms with van der Waals surface area (Å²) in [6, 6.07) is 0.637. The van der Waals surface area contributed by atoms with Crippen LogP contribution < -0.4 is 5.32 Å². The minimum atomic E-state index is 0.292. The van der Waals surface area contributed by atoms with E-state index in [1.807, 2.05) is 0 Å². The number of hydrogen-bond donors (Lipinski definition) is 2. The van der Waals surface area contributed by atoms with Gasteiger partial charge in [0, 0.05) is 25.7 Å². The largest absolute Gasteiger partial charge is 0.395 e. The molecule has 0 spiro atoms. The lowest BCUT2D eigenvalue weighted by Gasteiger charge is -2.40. The number of aliphatic hydroxyl groups is 1. The van der Waals surface area contributed by atoms with E-state index in [4.69, 9.17) is 5.11 Å². The quantitative estimate of drug-likeness (QED) is 0.757. The summed E-state index contributed by atoms with van der Waals surface area (Å²) in [5.74, 6) is 2.47. The first-order chi connectivity index (χ1) is 8.69. The fourth-order valence-corrected chi connectivity index (χ4v) is 3.22. The zero-order valence-corrected chi connectivity index (χ0v) is 12.1. The maximum atomic E-state index is 9.13. The second kappa shape index (κ2) is 6.88. The standard InChI is InChI=1S/C15H30N2O/c1-12(2)14-8-15(11-17(10-14)6-7-18)16-9-13-4-3-5-13/h12-16,18H,3-11H2,1-2H3. The van der Waals surface area contributed by atoms with E-state index in [9.17, 15) is 0 Å². The molecule has 2 fully saturated rings. The predicted molar refractivity (Wildman–Crippen MR) is 75.6 cm³/mol. The van der Waals surface area contributed by atoms with E-state index in [2.05, 4.69) is 24.1 Å². The molecule has 106 valence electrons. The van der Waals surface area contributed by atoms with E-state index >= 15 is 0 Å². The molecule has 0 amide bonds. The summed E-state index contributed by atoms with van der Waals surface area (Å²) in [5, 5.41) is 12.9. The maximum Gasteiger partial charge on any atom is 0.0558 e. The van der Waals surface area contributed by atoms with Crippen molar-refractivity contribution in [3.05, 3.63) is 0 Å². The van der Waals surface area contributed by atoms with Gasteiger partial charge in [0.1, 0.15) is 0 Å². The average molecular weight is 254 g/mol. The average Bonchev–Trinajstić information content (AvgIpc) is 2.27. The molecule has 1 aliphatic heterocycles. The fraction of sp³-hybridized carbons (Fsp3) is 1.00. The van der Waals surface area contributed by atoms with Crippen molar-refractivity contribution in [2.45, 2.75) is 45.6 Å². The van der Waals surface area contributed by atoms with Gasteiger partial charge in [-0.25, -0.2) is 0 Å². The Morgan fingerprint density at radius 2 is 2.06 bits per heavy atom. The molecule has 2 atom stereocenters. The van der Waals surface area contributed by atoms with Crippen LogP contribution in [0.4, 0.5) is 0 Å². The molecule has 0 aromatic carbocycles. The number of β-amino-alcohol motifs (C(OH)–C–C–N with tert-alkyl or cyclic N) is 1. The highest BCUT2D eigenvalue weighted by atomic mass is 16.3. The minimum Gasteiger partial charge on any atom is -0.395 e. The summed E-state index contributed by atoms with van der Waals surface area (Å²) >= 11 is 0. The highest BCUT2D eigenvalue weighted by Gasteiger charge is 2.29. The first-order valence-corrected chi connectivity index (χ1v) is 7.75. The molecule has 0 aromatic heterocycles. The number of piperidine rings is 1. The van der Waals surface area contributed by atoms with E-state index < -0.39 is 0 Å². The van der Waals surface area contributed by atoms with Crippen molar-refractivity contribution in [3.63, 3.8) is 0 Å². The van der Waals surface area contributed by atoms with Crippen LogP contribution in [0.15, 0.2) is 0 Å². The van der Waals surface area contributed by atoms with Gasteiger partial charge in [-0.3, -0.25) is 4.90 Å². The molecule has 3 heteroatoms. The van der Waals surface area contributed by atoms with Gasteiger partial charge in [0.05, 0.1) is 6.61 Å². The zero-order chi connectivity index (χ0) is 13.0. The van der Waals surface area contributed by atoms with Crippen molar-refractivity contribution in [1.82, 2.24) is 10.2 Å². The highest BCUT2D eigenvalue weighted by Crippen LogP contribution is 2.27. The normalized spacial score (nSPS) is 30.7. The molecule has 18 heavy (non-hydrogen) atoms. The van der Waals surface area contributed by atoms with Crippen LogP contribution in [0.3, 0.4) is 0 Å². The van der Waals surface area contributed by atoms with E-state index in [1.165, 1.54) is 38.8 Å². The summed E-state index contributed by atoms with van der Waals surface area (Å²) in [5.41, 5.74) is 0. The molecule has 1 aliphatic carbocycles. The molecule has 2 unspecified atom stereocenters. The van der Waals surface area contributed by atoms with Crippen molar-refractivity contribution < 1.29 is 5.11 Å². The van der Waals surface area contributed by atoms with Crippen LogP contribution >= 0.6 is 0 Å². The molecule has 0 bridgehead atoms. The maximum absolute atomic E-state index is 9.13. The van der Waals surface area contributed by atoms with Gasteiger partial charge in [-0.05, 0) is 43.6 Å². The van der Waals surface area contributed by atoms with Crippen molar-refractivity contribution in [2.75, 3.05) is 32.8 Å². The summed E-state index contributed by atoms with van der Waals surface area (Å²) in [6.45, 7) is 9.29. The van der Waals surface area contributed by atoms with Crippen molar-refractivity contribution in [1.29, 1.82) is 0 Å². The lowest BCUT2D eigenvalue weighted by Crippen LogP contribution is -2.52. The van der Waals surface area contributed by atoms with Crippen LogP contribution in [0.25, 0.3) is 0 Å². The van der Waals surface area contributed by atoms with Gasteiger partial charge in [-0.2, -0.15) is 0 Å². The number of likely N-dealkylation sites (tertiary alicyclic amines) is 1. The van der Waals surface area contributed by atoms with Crippen molar-refractivity contribution in [3.8, 4) is 0 Å². The first kappa shape index (κ1) is 14.3. The lowest BCUT2D eigenvalue weighted by atomic mass is 9.83. The molecule has 2 rings (SSSR count). The van der Waals surface area contributed by atoms with E-state index in [1.54, 1.807) is 0 Å². The summed E-state index contributed by atoms with van der Waals surface area (Å²) in [6.07, 6.45) is 5.59. The SMILES string of the molecule is CC(C)C1CC(NCC2CCC2)CN(CCO)C1. The Morgan fingerprint density at radius 1 is 1.28 bits per heavy atom. The van der Waals surface area contributed by atoms with Gasteiger partial charge < -0.3 is 10.4 Å². The van der Waals surface area contributed by atoms with Gasteiger partial charge in [-0.15, -0.1) is 0 Å². The molecule has 2 N–H and O–H groups in total. The molecule has 3 nitrogen and oxygen atoms in total. The summed E-state index contributed by atoms with van der Waals surface area (Å²) in [7, 11) is 0. The minimum absolute atomic E-state index is 0.292. The molecule has 0 aromatic rings. The van der Waals surface area contributed by atoms with E-state index in [-0.39, 0.29) is 0 Å².